The Morgan fingerprint density at radius 3 is 2.90 bits per heavy atom. The highest BCUT2D eigenvalue weighted by molar-refractivity contribution is 7.99. The van der Waals surface area contributed by atoms with Crippen molar-refractivity contribution in [2.45, 2.75) is 24.5 Å². The molecule has 1 aromatic heterocycles. The van der Waals surface area contributed by atoms with E-state index in [9.17, 15) is 9.90 Å². The van der Waals surface area contributed by atoms with E-state index in [1.54, 1.807) is 0 Å². The van der Waals surface area contributed by atoms with E-state index in [0.29, 0.717) is 29.6 Å². The summed E-state index contributed by atoms with van der Waals surface area (Å²) in [4.78, 5) is 24.8. The predicted octanol–water partition coefficient (Wildman–Crippen LogP) is 1.52. The van der Waals surface area contributed by atoms with Gasteiger partial charge in [0.05, 0.1) is 36.7 Å². The van der Waals surface area contributed by atoms with Crippen LogP contribution in [0.25, 0.3) is 22.2 Å². The molecule has 1 amide bonds. The van der Waals surface area contributed by atoms with Gasteiger partial charge < -0.3 is 26.0 Å². The molecule has 0 spiro atoms. The maximum atomic E-state index is 12.0. The van der Waals surface area contributed by atoms with E-state index in [0.717, 1.165) is 33.7 Å². The summed E-state index contributed by atoms with van der Waals surface area (Å²) >= 11 is 7.69. The number of amides is 1. The second-order valence-electron chi connectivity index (χ2n) is 6.95. The SMILES string of the molecule is Nc1nc(SCC(=O)NCC(O)CO)nc(-c2c(Cl)cc3c4c(cccc24)COC3)n1. The van der Waals surface area contributed by atoms with Gasteiger partial charge in [-0.1, -0.05) is 41.6 Å². The van der Waals surface area contributed by atoms with Crippen molar-refractivity contribution < 1.29 is 19.7 Å². The third kappa shape index (κ3) is 4.73. The van der Waals surface area contributed by atoms with Crippen LogP contribution in [0.3, 0.4) is 0 Å². The molecule has 0 fully saturated rings. The first kappa shape index (κ1) is 21.7. The van der Waals surface area contributed by atoms with Gasteiger partial charge in [-0.25, -0.2) is 4.98 Å². The monoisotopic (exact) mass is 461 g/mol. The number of rotatable bonds is 7. The van der Waals surface area contributed by atoms with Crippen LogP contribution < -0.4 is 11.1 Å². The summed E-state index contributed by atoms with van der Waals surface area (Å²) < 4.78 is 5.63. The van der Waals surface area contributed by atoms with Crippen LogP contribution in [0.15, 0.2) is 29.4 Å². The Balaban J connectivity index is 1.64. The smallest absolute Gasteiger partial charge is 0.230 e. The fourth-order valence-electron chi connectivity index (χ4n) is 3.37. The number of anilines is 1. The predicted molar refractivity (Wildman–Crippen MR) is 118 cm³/mol. The number of carbonyl (C=O) groups excluding carboxylic acids is 1. The van der Waals surface area contributed by atoms with Gasteiger partial charge in [0.1, 0.15) is 0 Å². The lowest BCUT2D eigenvalue weighted by molar-refractivity contribution is -0.119. The number of aliphatic hydroxyl groups excluding tert-OH is 2. The van der Waals surface area contributed by atoms with E-state index >= 15 is 0 Å². The first-order valence-corrected chi connectivity index (χ1v) is 10.8. The molecule has 9 nitrogen and oxygen atoms in total. The highest BCUT2D eigenvalue weighted by atomic mass is 35.5. The number of nitrogens with one attached hydrogen (secondary N) is 1. The van der Waals surface area contributed by atoms with Crippen LogP contribution in [-0.2, 0) is 22.7 Å². The normalized spacial score (nSPS) is 13.9. The van der Waals surface area contributed by atoms with Crippen molar-refractivity contribution in [3.63, 3.8) is 0 Å². The molecule has 4 rings (SSSR count). The number of ether oxygens (including phenoxy) is 1. The number of halogens is 1. The molecule has 5 N–H and O–H groups in total. The molecule has 1 aliphatic heterocycles. The molecule has 0 saturated carbocycles. The summed E-state index contributed by atoms with van der Waals surface area (Å²) in [6.45, 7) is 0.530. The number of thioether (sulfide) groups is 1. The van der Waals surface area contributed by atoms with Crippen molar-refractivity contribution >= 4 is 46.0 Å². The molecule has 3 aromatic rings. The minimum atomic E-state index is -1.01. The number of nitrogens with zero attached hydrogens (tertiary/aromatic N) is 3. The van der Waals surface area contributed by atoms with Gasteiger partial charge in [-0.15, -0.1) is 0 Å². The van der Waals surface area contributed by atoms with E-state index in [2.05, 4.69) is 20.3 Å². The summed E-state index contributed by atoms with van der Waals surface area (Å²) in [7, 11) is 0. The van der Waals surface area contributed by atoms with E-state index in [-0.39, 0.29) is 29.3 Å². The van der Waals surface area contributed by atoms with Gasteiger partial charge in [0.15, 0.2) is 11.0 Å². The summed E-state index contributed by atoms with van der Waals surface area (Å²) in [5.74, 6) is 0.0168. The average Bonchev–Trinajstić information content (AvgIpc) is 2.76. The number of aromatic nitrogens is 3. The maximum Gasteiger partial charge on any atom is 0.230 e. The lowest BCUT2D eigenvalue weighted by Crippen LogP contribution is -2.34. The molecule has 1 aliphatic rings. The Bertz CT molecular complexity index is 1150. The van der Waals surface area contributed by atoms with Crippen LogP contribution in [-0.4, -0.2) is 56.1 Å². The van der Waals surface area contributed by atoms with Crippen molar-refractivity contribution in [3.05, 3.63) is 40.4 Å². The number of aliphatic hydroxyl groups is 2. The lowest BCUT2D eigenvalue weighted by Gasteiger charge is -2.20. The number of hydrogen-bond acceptors (Lipinski definition) is 9. The van der Waals surface area contributed by atoms with Crippen LogP contribution >= 0.6 is 23.4 Å². The van der Waals surface area contributed by atoms with E-state index < -0.39 is 12.7 Å². The number of carbonyl (C=O) groups is 1. The second-order valence-corrected chi connectivity index (χ2v) is 8.30. The molecule has 0 aliphatic carbocycles. The van der Waals surface area contributed by atoms with Gasteiger partial charge >= 0.3 is 0 Å². The van der Waals surface area contributed by atoms with Gasteiger partial charge in [0.2, 0.25) is 11.9 Å². The molecule has 1 atom stereocenters. The zero-order chi connectivity index (χ0) is 22.0. The largest absolute Gasteiger partial charge is 0.394 e. The van der Waals surface area contributed by atoms with Crippen molar-refractivity contribution in [2.75, 3.05) is 24.6 Å². The topological polar surface area (TPSA) is 143 Å². The van der Waals surface area contributed by atoms with Crippen LogP contribution in [0.2, 0.25) is 5.02 Å². The molecule has 1 unspecified atom stereocenters. The van der Waals surface area contributed by atoms with Gasteiger partial charge in [0.25, 0.3) is 0 Å². The van der Waals surface area contributed by atoms with Crippen molar-refractivity contribution in [1.82, 2.24) is 20.3 Å². The van der Waals surface area contributed by atoms with Crippen LogP contribution in [0.4, 0.5) is 5.95 Å². The van der Waals surface area contributed by atoms with Gasteiger partial charge in [-0.2, -0.15) is 9.97 Å². The Morgan fingerprint density at radius 2 is 2.10 bits per heavy atom. The summed E-state index contributed by atoms with van der Waals surface area (Å²) in [5, 5.41) is 23.4. The quantitative estimate of drug-likeness (QED) is 0.385. The number of nitrogens with two attached hydrogens (primary N) is 1. The first-order chi connectivity index (χ1) is 15.0. The maximum absolute atomic E-state index is 12.0. The molecule has 0 saturated heterocycles. The zero-order valence-electron chi connectivity index (χ0n) is 16.3. The molecule has 2 aromatic carbocycles. The molecular formula is C20H20ClN5O4S. The Kier molecular flexibility index (Phi) is 6.54. The fraction of sp³-hybridized carbons (Fsp3) is 0.300. The van der Waals surface area contributed by atoms with Gasteiger partial charge in [0, 0.05) is 12.1 Å². The number of benzene rings is 2. The third-order valence-electron chi connectivity index (χ3n) is 4.73. The highest BCUT2D eigenvalue weighted by Crippen LogP contribution is 2.39. The van der Waals surface area contributed by atoms with Gasteiger partial charge in [-0.05, 0) is 28.0 Å². The second kappa shape index (κ2) is 9.33. The van der Waals surface area contributed by atoms with Gasteiger partial charge in [-0.3, -0.25) is 4.79 Å². The first-order valence-electron chi connectivity index (χ1n) is 9.47. The van der Waals surface area contributed by atoms with Crippen LogP contribution in [0.5, 0.6) is 0 Å². The average molecular weight is 462 g/mol. The molecule has 11 heteroatoms. The molecule has 162 valence electrons. The Labute approximate surface area is 187 Å². The number of nitrogen functional groups attached to an aromatic ring is 1. The highest BCUT2D eigenvalue weighted by Gasteiger charge is 2.21. The molecular weight excluding hydrogens is 442 g/mol. The van der Waals surface area contributed by atoms with Crippen molar-refractivity contribution in [1.29, 1.82) is 0 Å². The summed E-state index contributed by atoms with van der Waals surface area (Å²) in [6, 6.07) is 7.76. The van der Waals surface area contributed by atoms with Crippen LogP contribution in [0.1, 0.15) is 11.1 Å². The van der Waals surface area contributed by atoms with Crippen molar-refractivity contribution in [3.8, 4) is 11.4 Å². The Hall–Kier alpha value is -2.50. The van der Waals surface area contributed by atoms with Crippen LogP contribution in [0, 0.1) is 0 Å². The minimum absolute atomic E-state index is 0.00987. The minimum Gasteiger partial charge on any atom is -0.394 e. The third-order valence-corrected chi connectivity index (χ3v) is 5.88. The van der Waals surface area contributed by atoms with E-state index in [4.69, 9.17) is 27.2 Å². The molecule has 0 bridgehead atoms. The van der Waals surface area contributed by atoms with E-state index in [1.165, 1.54) is 0 Å². The lowest BCUT2D eigenvalue weighted by atomic mass is 9.94. The summed E-state index contributed by atoms with van der Waals surface area (Å²) in [6.07, 6.45) is -1.01. The summed E-state index contributed by atoms with van der Waals surface area (Å²) in [5.41, 5.74) is 8.63. The molecule has 31 heavy (non-hydrogen) atoms. The number of hydrogen-bond donors (Lipinski definition) is 4. The van der Waals surface area contributed by atoms with Crippen molar-refractivity contribution in [2.24, 2.45) is 0 Å². The Morgan fingerprint density at radius 1 is 1.29 bits per heavy atom. The standard InChI is InChI=1S/C20H20ClN5O4S/c21-14-4-11-8-30-7-10-2-1-3-13(16(10)11)17(14)18-24-19(22)26-20(25-18)31-9-15(29)23-5-12(28)6-27/h1-4,12,27-28H,5-9H2,(H,23,29)(H2,22,24,25,26). The zero-order valence-corrected chi connectivity index (χ0v) is 17.9. The van der Waals surface area contributed by atoms with E-state index in [1.807, 2.05) is 24.3 Å². The molecule has 2 heterocycles. The molecule has 0 radical (unpaired) electrons. The fourth-order valence-corrected chi connectivity index (χ4v) is 4.36.